The van der Waals surface area contributed by atoms with Gasteiger partial charge in [-0.2, -0.15) is 0 Å². The molecule has 38 heavy (non-hydrogen) atoms. The maximum absolute atomic E-state index is 14.2. The summed E-state index contributed by atoms with van der Waals surface area (Å²) in [5.41, 5.74) is 4.46. The Balaban J connectivity index is 1.58. The summed E-state index contributed by atoms with van der Waals surface area (Å²) in [4.78, 5) is 31.9. The number of carbonyl (C=O) groups excluding carboxylic acids is 1. The van der Waals surface area contributed by atoms with Gasteiger partial charge in [-0.3, -0.25) is 9.36 Å². The normalized spacial score (nSPS) is 19.5. The van der Waals surface area contributed by atoms with E-state index in [1.807, 2.05) is 54.6 Å². The summed E-state index contributed by atoms with van der Waals surface area (Å²) in [7, 11) is 0. The molecule has 2 atom stereocenters. The molecule has 186 valence electrons. The Kier molecular flexibility index (Phi) is 4.90. The Morgan fingerprint density at radius 2 is 1.68 bits per heavy atom. The van der Waals surface area contributed by atoms with Gasteiger partial charge in [-0.05, 0) is 41.3 Å². The van der Waals surface area contributed by atoms with E-state index >= 15 is 0 Å². The minimum absolute atomic E-state index is 0.0972. The summed E-state index contributed by atoms with van der Waals surface area (Å²) in [5.74, 6) is -0.729. The second-order valence-electron chi connectivity index (χ2n) is 9.86. The molecule has 0 radical (unpaired) electrons. The highest BCUT2D eigenvalue weighted by atomic mass is 16.6. The molecule has 2 aromatic heterocycles. The molecule has 0 fully saturated rings. The van der Waals surface area contributed by atoms with Gasteiger partial charge >= 0.3 is 5.97 Å². The Morgan fingerprint density at radius 1 is 0.947 bits per heavy atom. The topological polar surface area (TPSA) is 81.4 Å². The molecule has 2 aliphatic heterocycles. The third-order valence-corrected chi connectivity index (χ3v) is 7.87. The number of fused-ring (bicyclic) bond motifs is 5. The SMILES string of the molecule is CC[C@@]1(O)C(=O)OCc2c1cc1n(c2=O)C(c2ccccc2-c2ccccc2)c2cc3ccccc3nc2-1. The van der Waals surface area contributed by atoms with E-state index < -0.39 is 17.6 Å². The van der Waals surface area contributed by atoms with Crippen LogP contribution in [0.5, 0.6) is 0 Å². The van der Waals surface area contributed by atoms with Crippen LogP contribution in [0.4, 0.5) is 0 Å². The zero-order valence-corrected chi connectivity index (χ0v) is 20.7. The van der Waals surface area contributed by atoms with Crippen molar-refractivity contribution in [3.8, 4) is 22.5 Å². The van der Waals surface area contributed by atoms with Crippen LogP contribution in [0.3, 0.4) is 0 Å². The number of para-hydroxylation sites is 1. The first kappa shape index (κ1) is 22.6. The second-order valence-corrected chi connectivity index (χ2v) is 9.86. The molecule has 1 unspecified atom stereocenters. The van der Waals surface area contributed by atoms with Gasteiger partial charge in [0.1, 0.15) is 6.61 Å². The first-order valence-electron chi connectivity index (χ1n) is 12.7. The largest absolute Gasteiger partial charge is 0.458 e. The minimum Gasteiger partial charge on any atom is -0.458 e. The van der Waals surface area contributed by atoms with Crippen LogP contribution in [0.1, 0.15) is 41.6 Å². The van der Waals surface area contributed by atoms with E-state index in [0.29, 0.717) is 22.5 Å². The van der Waals surface area contributed by atoms with Crippen molar-refractivity contribution >= 4 is 16.9 Å². The third kappa shape index (κ3) is 3.07. The zero-order valence-electron chi connectivity index (χ0n) is 20.7. The second kappa shape index (κ2) is 8.23. The molecular formula is C32H24N2O4. The lowest BCUT2D eigenvalue weighted by molar-refractivity contribution is -0.172. The van der Waals surface area contributed by atoms with Crippen LogP contribution in [0.2, 0.25) is 0 Å². The molecule has 1 N–H and O–H groups in total. The predicted octanol–water partition coefficient (Wildman–Crippen LogP) is 5.34. The molecule has 7 rings (SSSR count). The number of esters is 1. The Labute approximate surface area is 218 Å². The summed E-state index contributed by atoms with van der Waals surface area (Å²) < 4.78 is 7.06. The number of carbonyl (C=O) groups is 1. The number of benzene rings is 3. The molecule has 3 aromatic carbocycles. The van der Waals surface area contributed by atoms with Gasteiger partial charge in [-0.1, -0.05) is 79.7 Å². The van der Waals surface area contributed by atoms with Gasteiger partial charge in [0.05, 0.1) is 28.5 Å². The Bertz CT molecular complexity index is 1830. The van der Waals surface area contributed by atoms with Crippen molar-refractivity contribution in [1.29, 1.82) is 0 Å². The molecular weight excluding hydrogens is 476 g/mol. The summed E-state index contributed by atoms with van der Waals surface area (Å²) in [6, 6.07) is 29.5. The number of aromatic nitrogens is 2. The molecule has 6 nitrogen and oxygen atoms in total. The molecule has 4 heterocycles. The summed E-state index contributed by atoms with van der Waals surface area (Å²) >= 11 is 0. The summed E-state index contributed by atoms with van der Waals surface area (Å²) in [6.45, 7) is 1.54. The van der Waals surface area contributed by atoms with Gasteiger partial charge in [-0.25, -0.2) is 9.78 Å². The van der Waals surface area contributed by atoms with Crippen molar-refractivity contribution in [3.63, 3.8) is 0 Å². The minimum atomic E-state index is -1.88. The van der Waals surface area contributed by atoms with Gasteiger partial charge in [0.25, 0.3) is 5.56 Å². The number of hydrogen-bond donors (Lipinski definition) is 1. The highest BCUT2D eigenvalue weighted by molar-refractivity contribution is 5.87. The van der Waals surface area contributed by atoms with E-state index in [-0.39, 0.29) is 18.6 Å². The van der Waals surface area contributed by atoms with Crippen LogP contribution in [-0.4, -0.2) is 20.6 Å². The number of cyclic esters (lactones) is 1. The van der Waals surface area contributed by atoms with Gasteiger partial charge in [-0.15, -0.1) is 0 Å². The molecule has 0 bridgehead atoms. The molecule has 0 saturated heterocycles. The Hall–Kier alpha value is -4.55. The van der Waals surface area contributed by atoms with Gasteiger partial charge in [0.15, 0.2) is 5.60 Å². The maximum Gasteiger partial charge on any atom is 0.343 e. The smallest absolute Gasteiger partial charge is 0.343 e. The fourth-order valence-electron chi connectivity index (χ4n) is 5.92. The maximum atomic E-state index is 14.2. The van der Waals surface area contributed by atoms with E-state index in [4.69, 9.17) is 9.72 Å². The first-order chi connectivity index (χ1) is 18.5. The predicted molar refractivity (Wildman–Crippen MR) is 145 cm³/mol. The summed E-state index contributed by atoms with van der Waals surface area (Å²) in [6.07, 6.45) is 0.0972. The lowest BCUT2D eigenvalue weighted by Crippen LogP contribution is -2.44. The fraction of sp³-hybridized carbons (Fsp3) is 0.156. The van der Waals surface area contributed by atoms with Crippen molar-refractivity contribution in [2.45, 2.75) is 31.6 Å². The average Bonchev–Trinajstić information content (AvgIpc) is 3.28. The fourth-order valence-corrected chi connectivity index (χ4v) is 5.92. The van der Waals surface area contributed by atoms with E-state index in [2.05, 4.69) is 30.3 Å². The van der Waals surface area contributed by atoms with E-state index in [1.54, 1.807) is 17.6 Å². The van der Waals surface area contributed by atoms with Crippen molar-refractivity contribution < 1.29 is 14.6 Å². The molecule has 0 aliphatic carbocycles. The van der Waals surface area contributed by atoms with E-state index in [9.17, 15) is 14.7 Å². The van der Waals surface area contributed by atoms with Gasteiger partial charge in [0, 0.05) is 16.5 Å². The summed E-state index contributed by atoms with van der Waals surface area (Å²) in [5, 5.41) is 12.3. The number of aliphatic hydroxyl groups is 1. The highest BCUT2D eigenvalue weighted by Gasteiger charge is 2.46. The average molecular weight is 501 g/mol. The van der Waals surface area contributed by atoms with Gasteiger partial charge in [0.2, 0.25) is 0 Å². The number of hydrogen-bond acceptors (Lipinski definition) is 5. The highest BCUT2D eigenvalue weighted by Crippen LogP contribution is 2.46. The number of rotatable bonds is 3. The van der Waals surface area contributed by atoms with Gasteiger partial charge < -0.3 is 9.84 Å². The molecule has 0 saturated carbocycles. The first-order valence-corrected chi connectivity index (χ1v) is 12.7. The zero-order chi connectivity index (χ0) is 26.0. The molecule has 5 aromatic rings. The number of pyridine rings is 2. The van der Waals surface area contributed by atoms with E-state index in [0.717, 1.165) is 33.2 Å². The molecule has 0 spiro atoms. The monoisotopic (exact) mass is 500 g/mol. The number of nitrogens with zero attached hydrogens (tertiary/aromatic N) is 2. The lowest BCUT2D eigenvalue weighted by atomic mass is 9.86. The van der Waals surface area contributed by atoms with Crippen LogP contribution >= 0.6 is 0 Å². The van der Waals surface area contributed by atoms with Crippen molar-refractivity contribution in [1.82, 2.24) is 9.55 Å². The Morgan fingerprint density at radius 3 is 2.50 bits per heavy atom. The molecule has 2 aliphatic rings. The molecule has 0 amide bonds. The van der Waals surface area contributed by atoms with Crippen LogP contribution in [0, 0.1) is 0 Å². The standard InChI is InChI=1S/C32H24N2O4/c1-2-32(37)25-17-27-28-23(16-20-12-6-9-15-26(20)33-28)29(34(27)30(35)24(25)18-38-31(32)36)22-14-8-7-13-21(22)19-10-4-3-5-11-19/h3-17,29,37H,2,18H2,1H3/t29?,32-/m0/s1. The van der Waals surface area contributed by atoms with Crippen molar-refractivity contribution in [3.05, 3.63) is 124 Å². The third-order valence-electron chi connectivity index (χ3n) is 7.87. The lowest BCUT2D eigenvalue weighted by Gasteiger charge is -2.32. The molecule has 6 heteroatoms. The van der Waals surface area contributed by atoms with E-state index in [1.165, 1.54) is 0 Å². The van der Waals surface area contributed by atoms with Crippen LogP contribution in [0.15, 0.2) is 95.8 Å². The van der Waals surface area contributed by atoms with Crippen LogP contribution in [0.25, 0.3) is 33.4 Å². The number of ether oxygens (including phenoxy) is 1. The van der Waals surface area contributed by atoms with Crippen molar-refractivity contribution in [2.24, 2.45) is 0 Å². The quantitative estimate of drug-likeness (QED) is 0.332. The van der Waals surface area contributed by atoms with Crippen molar-refractivity contribution in [2.75, 3.05) is 0 Å². The van der Waals surface area contributed by atoms with Crippen LogP contribution in [-0.2, 0) is 21.7 Å². The van der Waals surface area contributed by atoms with Crippen LogP contribution < -0.4 is 5.56 Å².